The maximum Gasteiger partial charge on any atom is 0.335 e. The molecule has 6 nitrogen and oxygen atoms in total. The first-order valence-corrected chi connectivity index (χ1v) is 9.88. The summed E-state index contributed by atoms with van der Waals surface area (Å²) in [7, 11) is 0. The highest BCUT2D eigenvalue weighted by atomic mass is 19.1. The van der Waals surface area contributed by atoms with Gasteiger partial charge in [0, 0.05) is 13.1 Å². The zero-order valence-corrected chi connectivity index (χ0v) is 16.9. The van der Waals surface area contributed by atoms with Crippen molar-refractivity contribution in [2.24, 2.45) is 0 Å². The second-order valence-corrected chi connectivity index (χ2v) is 7.71. The summed E-state index contributed by atoms with van der Waals surface area (Å²) in [4.78, 5) is 40.6. The van der Waals surface area contributed by atoms with Crippen molar-refractivity contribution in [2.45, 2.75) is 26.7 Å². The molecule has 0 radical (unpaired) electrons. The van der Waals surface area contributed by atoms with Crippen LogP contribution in [-0.4, -0.2) is 30.9 Å². The summed E-state index contributed by atoms with van der Waals surface area (Å²) in [5.41, 5.74) is 2.82. The van der Waals surface area contributed by atoms with Crippen LogP contribution in [-0.2, 0) is 9.59 Å². The standard InChI is InChI=1S/C23H22FN3O3/c1-14-9-15(2)11-17(10-14)27-22(29)18(21(28)25-23(27)30)12-16-5-6-20(19(24)13-16)26-7-3-4-8-26/h5-6,9-13H,3-4,7-8H2,1-2H3,(H,25,28,30)/b18-12+. The van der Waals surface area contributed by atoms with Gasteiger partial charge in [-0.15, -0.1) is 0 Å². The van der Waals surface area contributed by atoms with Gasteiger partial charge in [0.15, 0.2) is 0 Å². The number of anilines is 2. The Hall–Kier alpha value is -3.48. The Balaban J connectivity index is 1.68. The van der Waals surface area contributed by atoms with E-state index in [4.69, 9.17) is 0 Å². The number of benzene rings is 2. The Labute approximate surface area is 174 Å². The zero-order chi connectivity index (χ0) is 21.4. The average molecular weight is 407 g/mol. The summed E-state index contributed by atoms with van der Waals surface area (Å²) < 4.78 is 14.6. The molecule has 0 atom stereocenters. The Bertz CT molecular complexity index is 1070. The maximum atomic E-state index is 14.6. The van der Waals surface area contributed by atoms with Crippen molar-refractivity contribution in [2.75, 3.05) is 22.9 Å². The lowest BCUT2D eigenvalue weighted by Crippen LogP contribution is -2.54. The molecule has 0 unspecified atom stereocenters. The molecule has 0 aliphatic carbocycles. The molecule has 0 aromatic heterocycles. The number of imide groups is 2. The molecule has 7 heteroatoms. The predicted molar refractivity (Wildman–Crippen MR) is 113 cm³/mol. The van der Waals surface area contributed by atoms with Crippen LogP contribution in [0.25, 0.3) is 6.08 Å². The van der Waals surface area contributed by atoms with E-state index in [1.807, 2.05) is 24.8 Å². The van der Waals surface area contributed by atoms with Crippen molar-refractivity contribution in [1.82, 2.24) is 5.32 Å². The topological polar surface area (TPSA) is 69.7 Å². The Morgan fingerprint density at radius 1 is 0.967 bits per heavy atom. The molecular weight excluding hydrogens is 385 g/mol. The number of barbiturate groups is 1. The third-order valence-electron chi connectivity index (χ3n) is 5.30. The van der Waals surface area contributed by atoms with Crippen LogP contribution in [0.5, 0.6) is 0 Å². The highest BCUT2D eigenvalue weighted by molar-refractivity contribution is 6.39. The molecule has 4 rings (SSSR count). The Morgan fingerprint density at radius 2 is 1.63 bits per heavy atom. The van der Waals surface area contributed by atoms with E-state index in [-0.39, 0.29) is 5.57 Å². The van der Waals surface area contributed by atoms with Gasteiger partial charge in [-0.2, -0.15) is 0 Å². The van der Waals surface area contributed by atoms with Gasteiger partial charge in [-0.25, -0.2) is 14.1 Å². The number of hydrogen-bond acceptors (Lipinski definition) is 4. The number of rotatable bonds is 3. The van der Waals surface area contributed by atoms with Crippen LogP contribution in [0.2, 0.25) is 0 Å². The molecule has 154 valence electrons. The summed E-state index contributed by atoms with van der Waals surface area (Å²) in [6.45, 7) is 5.33. The van der Waals surface area contributed by atoms with E-state index in [0.29, 0.717) is 16.9 Å². The molecule has 1 N–H and O–H groups in total. The fourth-order valence-corrected chi connectivity index (χ4v) is 3.97. The SMILES string of the molecule is Cc1cc(C)cc(N2C(=O)NC(=O)/C(=C\c3ccc(N4CCCC4)c(F)c3)C2=O)c1. The largest absolute Gasteiger partial charge is 0.369 e. The number of nitrogens with one attached hydrogen (secondary N) is 1. The molecule has 2 aromatic rings. The van der Waals surface area contributed by atoms with Crippen molar-refractivity contribution in [3.63, 3.8) is 0 Å². The summed E-state index contributed by atoms with van der Waals surface area (Å²) in [5, 5.41) is 2.20. The minimum absolute atomic E-state index is 0.220. The molecule has 30 heavy (non-hydrogen) atoms. The lowest BCUT2D eigenvalue weighted by Gasteiger charge is -2.27. The number of aryl methyl sites for hydroxylation is 2. The Kier molecular flexibility index (Phi) is 5.11. The monoisotopic (exact) mass is 407 g/mol. The first kappa shape index (κ1) is 19.8. The first-order valence-electron chi connectivity index (χ1n) is 9.88. The van der Waals surface area contributed by atoms with Crippen molar-refractivity contribution in [1.29, 1.82) is 0 Å². The van der Waals surface area contributed by atoms with Gasteiger partial charge in [0.1, 0.15) is 11.4 Å². The smallest absolute Gasteiger partial charge is 0.335 e. The average Bonchev–Trinajstić information content (AvgIpc) is 3.18. The number of hydrogen-bond donors (Lipinski definition) is 1. The van der Waals surface area contributed by atoms with E-state index in [0.717, 1.165) is 42.0 Å². The lowest BCUT2D eigenvalue weighted by atomic mass is 10.0. The van der Waals surface area contributed by atoms with Gasteiger partial charge in [-0.1, -0.05) is 12.1 Å². The second-order valence-electron chi connectivity index (χ2n) is 7.71. The van der Waals surface area contributed by atoms with Gasteiger partial charge in [0.2, 0.25) is 0 Å². The van der Waals surface area contributed by atoms with Crippen LogP contribution in [0.4, 0.5) is 20.6 Å². The second kappa shape index (κ2) is 7.74. The van der Waals surface area contributed by atoms with E-state index in [2.05, 4.69) is 5.32 Å². The van der Waals surface area contributed by atoms with Gasteiger partial charge in [0.25, 0.3) is 11.8 Å². The van der Waals surface area contributed by atoms with E-state index < -0.39 is 23.7 Å². The van der Waals surface area contributed by atoms with Crippen molar-refractivity contribution < 1.29 is 18.8 Å². The van der Waals surface area contributed by atoms with Crippen LogP contribution in [0, 0.1) is 19.7 Å². The van der Waals surface area contributed by atoms with E-state index in [1.54, 1.807) is 24.3 Å². The number of carbonyl (C=O) groups excluding carboxylic acids is 3. The van der Waals surface area contributed by atoms with E-state index in [1.165, 1.54) is 12.1 Å². The van der Waals surface area contributed by atoms with Crippen molar-refractivity contribution in [3.8, 4) is 0 Å². The minimum Gasteiger partial charge on any atom is -0.369 e. The van der Waals surface area contributed by atoms with Crippen LogP contribution in [0.1, 0.15) is 29.5 Å². The molecule has 0 spiro atoms. The number of urea groups is 1. The summed E-state index contributed by atoms with van der Waals surface area (Å²) in [6, 6.07) is 9.14. The maximum absolute atomic E-state index is 14.6. The highest BCUT2D eigenvalue weighted by Gasteiger charge is 2.37. The molecule has 2 aliphatic heterocycles. The first-order chi connectivity index (χ1) is 14.3. The molecule has 2 aromatic carbocycles. The molecule has 2 fully saturated rings. The molecule has 2 saturated heterocycles. The van der Waals surface area contributed by atoms with Crippen molar-refractivity contribution >= 4 is 35.3 Å². The highest BCUT2D eigenvalue weighted by Crippen LogP contribution is 2.27. The number of carbonyl (C=O) groups is 3. The van der Waals surface area contributed by atoms with E-state index in [9.17, 15) is 18.8 Å². The number of halogens is 1. The van der Waals surface area contributed by atoms with Crippen LogP contribution in [0.3, 0.4) is 0 Å². The van der Waals surface area contributed by atoms with Crippen molar-refractivity contribution in [3.05, 3.63) is 64.5 Å². The number of amides is 4. The fourth-order valence-electron chi connectivity index (χ4n) is 3.97. The minimum atomic E-state index is -0.803. The Morgan fingerprint density at radius 3 is 2.27 bits per heavy atom. The van der Waals surface area contributed by atoms with E-state index >= 15 is 0 Å². The zero-order valence-electron chi connectivity index (χ0n) is 16.9. The molecule has 4 amide bonds. The summed E-state index contributed by atoms with van der Waals surface area (Å²) in [6.07, 6.45) is 3.38. The molecule has 2 heterocycles. The fraction of sp³-hybridized carbons (Fsp3) is 0.261. The van der Waals surface area contributed by atoms with Crippen LogP contribution >= 0.6 is 0 Å². The number of nitrogens with zero attached hydrogens (tertiary/aromatic N) is 2. The summed E-state index contributed by atoms with van der Waals surface area (Å²) >= 11 is 0. The van der Waals surface area contributed by atoms with Crippen LogP contribution in [0.15, 0.2) is 42.0 Å². The molecule has 2 aliphatic rings. The lowest BCUT2D eigenvalue weighted by molar-refractivity contribution is -0.122. The van der Waals surface area contributed by atoms with Gasteiger partial charge >= 0.3 is 6.03 Å². The quantitative estimate of drug-likeness (QED) is 0.622. The van der Waals surface area contributed by atoms with Crippen LogP contribution < -0.4 is 15.1 Å². The molecule has 0 saturated carbocycles. The predicted octanol–water partition coefficient (Wildman–Crippen LogP) is 3.71. The normalized spacial score (nSPS) is 18.4. The van der Waals surface area contributed by atoms with Gasteiger partial charge < -0.3 is 4.90 Å². The third-order valence-corrected chi connectivity index (χ3v) is 5.30. The van der Waals surface area contributed by atoms with Gasteiger partial charge in [-0.3, -0.25) is 14.9 Å². The van der Waals surface area contributed by atoms with Gasteiger partial charge in [0.05, 0.1) is 11.4 Å². The molecule has 0 bridgehead atoms. The summed E-state index contributed by atoms with van der Waals surface area (Å²) in [5.74, 6) is -1.94. The third kappa shape index (κ3) is 3.70. The molecular formula is C23H22FN3O3. The van der Waals surface area contributed by atoms with Gasteiger partial charge in [-0.05, 0) is 73.7 Å².